The normalized spacial score (nSPS) is 11.4. The first-order valence-electron chi connectivity index (χ1n) is 11.7. The van der Waals surface area contributed by atoms with Gasteiger partial charge in [0.2, 0.25) is 0 Å². The molecule has 0 radical (unpaired) electrons. The molecule has 6 aromatic carbocycles. The molecule has 0 spiro atoms. The maximum Gasteiger partial charge on any atom is 0.135 e. The van der Waals surface area contributed by atoms with Crippen molar-refractivity contribution in [2.24, 2.45) is 0 Å². The highest BCUT2D eigenvalue weighted by atomic mass is 16.3. The van der Waals surface area contributed by atoms with Crippen molar-refractivity contribution in [2.75, 3.05) is 0 Å². The summed E-state index contributed by atoms with van der Waals surface area (Å²) in [6, 6.07) is 42.1. The average Bonchev–Trinajstić information content (AvgIpc) is 3.30. The zero-order valence-corrected chi connectivity index (χ0v) is 18.8. The van der Waals surface area contributed by atoms with E-state index in [9.17, 15) is 5.26 Å². The largest absolute Gasteiger partial charge is 0.456 e. The summed E-state index contributed by atoms with van der Waals surface area (Å²) in [5.41, 5.74) is 7.17. The molecule has 2 heteroatoms. The van der Waals surface area contributed by atoms with Crippen molar-refractivity contribution in [1.29, 1.82) is 5.26 Å². The lowest BCUT2D eigenvalue weighted by Gasteiger charge is -2.17. The molecule has 0 aliphatic carbocycles. The fourth-order valence-electron chi connectivity index (χ4n) is 5.34. The Labute approximate surface area is 202 Å². The molecule has 0 saturated carbocycles. The predicted molar refractivity (Wildman–Crippen MR) is 144 cm³/mol. The summed E-state index contributed by atoms with van der Waals surface area (Å²) < 4.78 is 6.09. The highest BCUT2D eigenvalue weighted by molar-refractivity contribution is 6.22. The van der Waals surface area contributed by atoms with Crippen LogP contribution >= 0.6 is 0 Å². The van der Waals surface area contributed by atoms with Gasteiger partial charge >= 0.3 is 0 Å². The standard InChI is InChI=1S/C33H19NO/c34-20-21-13-15-22(16-14-21)32-25-8-1-3-10-27(25)33(28-11-4-2-9-26(28)32)23-17-18-31-29(19-23)24-7-5-6-12-30(24)35-31/h1-19H. The molecule has 1 aromatic heterocycles. The monoisotopic (exact) mass is 445 g/mol. The van der Waals surface area contributed by atoms with Gasteiger partial charge in [0, 0.05) is 10.8 Å². The van der Waals surface area contributed by atoms with Crippen LogP contribution in [0.3, 0.4) is 0 Å². The van der Waals surface area contributed by atoms with E-state index in [2.05, 4.69) is 97.1 Å². The summed E-state index contributed by atoms with van der Waals surface area (Å²) in [4.78, 5) is 0. The zero-order valence-electron chi connectivity index (χ0n) is 18.8. The quantitative estimate of drug-likeness (QED) is 0.249. The fourth-order valence-corrected chi connectivity index (χ4v) is 5.34. The van der Waals surface area contributed by atoms with Gasteiger partial charge in [-0.25, -0.2) is 0 Å². The molecule has 0 bridgehead atoms. The molecule has 0 amide bonds. The van der Waals surface area contributed by atoms with Crippen LogP contribution in [0.4, 0.5) is 0 Å². The van der Waals surface area contributed by atoms with E-state index in [4.69, 9.17) is 4.42 Å². The molecule has 0 aliphatic heterocycles. The molecule has 35 heavy (non-hydrogen) atoms. The highest BCUT2D eigenvalue weighted by Gasteiger charge is 2.17. The highest BCUT2D eigenvalue weighted by Crippen LogP contribution is 2.44. The second-order valence-corrected chi connectivity index (χ2v) is 8.84. The van der Waals surface area contributed by atoms with E-state index in [0.717, 1.165) is 27.5 Å². The first kappa shape index (κ1) is 19.6. The summed E-state index contributed by atoms with van der Waals surface area (Å²) in [7, 11) is 0. The minimum Gasteiger partial charge on any atom is -0.456 e. The van der Waals surface area contributed by atoms with Gasteiger partial charge < -0.3 is 4.42 Å². The summed E-state index contributed by atoms with van der Waals surface area (Å²) in [5.74, 6) is 0. The summed E-state index contributed by atoms with van der Waals surface area (Å²) in [6.45, 7) is 0. The number of nitrogens with zero attached hydrogens (tertiary/aromatic N) is 1. The van der Waals surface area contributed by atoms with E-state index < -0.39 is 0 Å². The van der Waals surface area contributed by atoms with Crippen molar-refractivity contribution in [1.82, 2.24) is 0 Å². The molecule has 0 saturated heterocycles. The summed E-state index contributed by atoms with van der Waals surface area (Å²) in [6.07, 6.45) is 0. The molecule has 7 aromatic rings. The molecule has 1 heterocycles. The third-order valence-corrected chi connectivity index (χ3v) is 6.90. The van der Waals surface area contributed by atoms with E-state index in [1.54, 1.807) is 0 Å². The lowest BCUT2D eigenvalue weighted by Crippen LogP contribution is -1.91. The van der Waals surface area contributed by atoms with Crippen molar-refractivity contribution in [3.8, 4) is 28.3 Å². The lowest BCUT2D eigenvalue weighted by molar-refractivity contribution is 0.669. The molecule has 0 aliphatic rings. The van der Waals surface area contributed by atoms with Gasteiger partial charge in [-0.3, -0.25) is 0 Å². The van der Waals surface area contributed by atoms with Crippen LogP contribution in [0.5, 0.6) is 0 Å². The number of benzene rings is 6. The van der Waals surface area contributed by atoms with Crippen LogP contribution in [0.25, 0.3) is 65.7 Å². The van der Waals surface area contributed by atoms with Gasteiger partial charge in [0.25, 0.3) is 0 Å². The van der Waals surface area contributed by atoms with Gasteiger partial charge in [-0.1, -0.05) is 84.9 Å². The third-order valence-electron chi connectivity index (χ3n) is 6.90. The van der Waals surface area contributed by atoms with Crippen molar-refractivity contribution in [3.05, 3.63) is 121 Å². The van der Waals surface area contributed by atoms with Gasteiger partial charge in [-0.15, -0.1) is 0 Å². The SMILES string of the molecule is N#Cc1ccc(-c2c3ccccc3c(-c3ccc4oc5ccccc5c4c3)c3ccccc23)cc1. The molecule has 2 nitrogen and oxygen atoms in total. The van der Waals surface area contributed by atoms with Crippen LogP contribution in [-0.4, -0.2) is 0 Å². The topological polar surface area (TPSA) is 36.9 Å². The Balaban J connectivity index is 1.59. The van der Waals surface area contributed by atoms with Crippen LogP contribution in [0.2, 0.25) is 0 Å². The Morgan fingerprint density at radius 1 is 0.457 bits per heavy atom. The number of furan rings is 1. The molecule has 0 N–H and O–H groups in total. The number of rotatable bonds is 2. The molecule has 0 atom stereocenters. The summed E-state index contributed by atoms with van der Waals surface area (Å²) in [5, 5.41) is 16.3. The fraction of sp³-hybridized carbons (Fsp3) is 0. The minimum atomic E-state index is 0.666. The molecule has 162 valence electrons. The van der Waals surface area contributed by atoms with E-state index in [1.165, 1.54) is 38.2 Å². The number of fused-ring (bicyclic) bond motifs is 5. The number of nitriles is 1. The summed E-state index contributed by atoms with van der Waals surface area (Å²) >= 11 is 0. The van der Waals surface area contributed by atoms with Crippen molar-refractivity contribution >= 4 is 43.5 Å². The third kappa shape index (κ3) is 2.96. The molecule has 0 unspecified atom stereocenters. The molecule has 7 rings (SSSR count). The molecular weight excluding hydrogens is 426 g/mol. The average molecular weight is 446 g/mol. The van der Waals surface area contributed by atoms with Gasteiger partial charge in [0.1, 0.15) is 11.2 Å². The molecule has 0 fully saturated rings. The van der Waals surface area contributed by atoms with E-state index >= 15 is 0 Å². The minimum absolute atomic E-state index is 0.666. The van der Waals surface area contributed by atoms with Gasteiger partial charge in [0.15, 0.2) is 0 Å². The van der Waals surface area contributed by atoms with Crippen LogP contribution in [0, 0.1) is 11.3 Å². The first-order valence-corrected chi connectivity index (χ1v) is 11.7. The van der Waals surface area contributed by atoms with E-state index in [0.29, 0.717) is 5.56 Å². The van der Waals surface area contributed by atoms with E-state index in [-0.39, 0.29) is 0 Å². The van der Waals surface area contributed by atoms with Crippen LogP contribution in [0.15, 0.2) is 120 Å². The van der Waals surface area contributed by atoms with Gasteiger partial charge in [-0.2, -0.15) is 5.26 Å². The van der Waals surface area contributed by atoms with Crippen LogP contribution < -0.4 is 0 Å². The zero-order chi connectivity index (χ0) is 23.4. The maximum absolute atomic E-state index is 9.27. The van der Waals surface area contributed by atoms with Crippen LogP contribution in [-0.2, 0) is 0 Å². The molecular formula is C33H19NO. The van der Waals surface area contributed by atoms with Crippen molar-refractivity contribution in [3.63, 3.8) is 0 Å². The smallest absolute Gasteiger partial charge is 0.135 e. The van der Waals surface area contributed by atoms with Gasteiger partial charge in [-0.05, 0) is 74.1 Å². The number of hydrogen-bond acceptors (Lipinski definition) is 2. The number of hydrogen-bond donors (Lipinski definition) is 0. The Hall–Kier alpha value is -4.87. The predicted octanol–water partition coefficient (Wildman–Crippen LogP) is 9.10. The Kier molecular flexibility index (Phi) is 4.24. The first-order chi connectivity index (χ1) is 17.3. The number of para-hydroxylation sites is 1. The second kappa shape index (κ2) is 7.58. The second-order valence-electron chi connectivity index (χ2n) is 8.84. The van der Waals surface area contributed by atoms with Crippen LogP contribution in [0.1, 0.15) is 5.56 Å². The van der Waals surface area contributed by atoms with E-state index in [1.807, 2.05) is 24.3 Å². The lowest BCUT2D eigenvalue weighted by atomic mass is 9.85. The Morgan fingerprint density at radius 2 is 0.943 bits per heavy atom. The Bertz CT molecular complexity index is 1900. The van der Waals surface area contributed by atoms with Crippen molar-refractivity contribution in [2.45, 2.75) is 0 Å². The van der Waals surface area contributed by atoms with Crippen molar-refractivity contribution < 1.29 is 4.42 Å². The Morgan fingerprint density at radius 3 is 1.54 bits per heavy atom. The van der Waals surface area contributed by atoms with Gasteiger partial charge in [0.05, 0.1) is 11.6 Å². The maximum atomic E-state index is 9.27.